The topological polar surface area (TPSA) is 61.0 Å². The van der Waals surface area contributed by atoms with E-state index in [-0.39, 0.29) is 12.4 Å². The molecule has 0 bridgehead atoms. The first-order chi connectivity index (χ1) is 8.20. The maximum absolute atomic E-state index is 13.3. The van der Waals surface area contributed by atoms with E-state index in [4.69, 9.17) is 10.5 Å². The van der Waals surface area contributed by atoms with Gasteiger partial charge in [-0.25, -0.2) is 4.39 Å². The SMILES string of the molecule is NCc1ccnnc1Oc1ccc(Br)c(F)c1. The average Bonchev–Trinajstić information content (AvgIpc) is 2.34. The van der Waals surface area contributed by atoms with E-state index in [1.807, 2.05) is 0 Å². The smallest absolute Gasteiger partial charge is 0.243 e. The number of ether oxygens (including phenoxy) is 1. The summed E-state index contributed by atoms with van der Waals surface area (Å²) in [5, 5.41) is 7.51. The van der Waals surface area contributed by atoms with Gasteiger partial charge in [0.15, 0.2) is 0 Å². The van der Waals surface area contributed by atoms with Crippen molar-refractivity contribution in [2.24, 2.45) is 5.73 Å². The summed E-state index contributed by atoms with van der Waals surface area (Å²) in [5.74, 6) is 0.235. The lowest BCUT2D eigenvalue weighted by Crippen LogP contribution is -2.02. The number of nitrogens with two attached hydrogens (primary N) is 1. The average molecular weight is 298 g/mol. The van der Waals surface area contributed by atoms with Gasteiger partial charge in [-0.3, -0.25) is 0 Å². The molecule has 1 aromatic heterocycles. The van der Waals surface area contributed by atoms with Crippen LogP contribution in [0.4, 0.5) is 4.39 Å². The molecule has 0 unspecified atom stereocenters. The summed E-state index contributed by atoms with van der Waals surface area (Å²) in [6, 6.07) is 6.15. The van der Waals surface area contributed by atoms with E-state index in [9.17, 15) is 4.39 Å². The third-order valence-corrected chi connectivity index (χ3v) is 2.73. The highest BCUT2D eigenvalue weighted by Gasteiger charge is 2.07. The van der Waals surface area contributed by atoms with Crippen LogP contribution in [0.1, 0.15) is 5.56 Å². The molecule has 0 atom stereocenters. The zero-order chi connectivity index (χ0) is 12.3. The lowest BCUT2D eigenvalue weighted by atomic mass is 10.3. The minimum Gasteiger partial charge on any atom is -0.437 e. The minimum atomic E-state index is -0.402. The van der Waals surface area contributed by atoms with Gasteiger partial charge in [-0.05, 0) is 34.1 Å². The van der Waals surface area contributed by atoms with E-state index >= 15 is 0 Å². The van der Waals surface area contributed by atoms with Gasteiger partial charge in [0.05, 0.1) is 10.7 Å². The Balaban J connectivity index is 2.28. The summed E-state index contributed by atoms with van der Waals surface area (Å²) in [5.41, 5.74) is 6.24. The third-order valence-electron chi connectivity index (χ3n) is 2.09. The molecule has 0 radical (unpaired) electrons. The molecule has 6 heteroatoms. The van der Waals surface area contributed by atoms with Crippen molar-refractivity contribution in [3.8, 4) is 11.6 Å². The lowest BCUT2D eigenvalue weighted by Gasteiger charge is -2.07. The Kier molecular flexibility index (Phi) is 3.65. The molecule has 2 aromatic rings. The fraction of sp³-hybridized carbons (Fsp3) is 0.0909. The maximum Gasteiger partial charge on any atom is 0.243 e. The fourth-order valence-corrected chi connectivity index (χ4v) is 1.48. The number of aromatic nitrogens is 2. The van der Waals surface area contributed by atoms with Crippen molar-refractivity contribution in [1.29, 1.82) is 0 Å². The van der Waals surface area contributed by atoms with Crippen molar-refractivity contribution >= 4 is 15.9 Å². The molecule has 0 saturated carbocycles. The molecule has 0 aliphatic carbocycles. The van der Waals surface area contributed by atoms with Gasteiger partial charge >= 0.3 is 0 Å². The van der Waals surface area contributed by atoms with Gasteiger partial charge in [-0.1, -0.05) is 0 Å². The summed E-state index contributed by atoms with van der Waals surface area (Å²) < 4.78 is 19.1. The normalized spacial score (nSPS) is 10.3. The van der Waals surface area contributed by atoms with Crippen LogP contribution in [0.25, 0.3) is 0 Å². The summed E-state index contributed by atoms with van der Waals surface area (Å²) in [4.78, 5) is 0. The molecule has 0 fully saturated rings. The first-order valence-corrected chi connectivity index (χ1v) is 5.63. The fourth-order valence-electron chi connectivity index (χ4n) is 1.24. The molecule has 1 heterocycles. The van der Waals surface area contributed by atoms with E-state index in [0.29, 0.717) is 15.8 Å². The van der Waals surface area contributed by atoms with E-state index in [1.54, 1.807) is 18.2 Å². The quantitative estimate of drug-likeness (QED) is 0.946. The number of hydrogen-bond acceptors (Lipinski definition) is 4. The van der Waals surface area contributed by atoms with E-state index in [2.05, 4.69) is 26.1 Å². The summed E-state index contributed by atoms with van der Waals surface area (Å²) >= 11 is 3.06. The molecule has 0 aliphatic rings. The molecule has 4 nitrogen and oxygen atoms in total. The van der Waals surface area contributed by atoms with Crippen LogP contribution < -0.4 is 10.5 Å². The molecule has 17 heavy (non-hydrogen) atoms. The molecule has 0 amide bonds. The number of rotatable bonds is 3. The van der Waals surface area contributed by atoms with Crippen LogP contribution in [0, 0.1) is 5.82 Å². The molecule has 0 spiro atoms. The zero-order valence-electron chi connectivity index (χ0n) is 8.73. The van der Waals surface area contributed by atoms with Crippen LogP contribution in [0.15, 0.2) is 34.9 Å². The highest BCUT2D eigenvalue weighted by molar-refractivity contribution is 9.10. The second kappa shape index (κ2) is 5.20. The third kappa shape index (κ3) is 2.78. The Morgan fingerprint density at radius 2 is 2.18 bits per heavy atom. The molecule has 2 N–H and O–H groups in total. The highest BCUT2D eigenvalue weighted by Crippen LogP contribution is 2.25. The molecule has 1 aromatic carbocycles. The van der Waals surface area contributed by atoms with Gasteiger partial charge in [0, 0.05) is 18.2 Å². The molecule has 0 saturated heterocycles. The van der Waals surface area contributed by atoms with E-state index in [0.717, 1.165) is 0 Å². The molecular formula is C11H9BrFN3O. The number of hydrogen-bond donors (Lipinski definition) is 1. The van der Waals surface area contributed by atoms with Gasteiger partial charge in [0.25, 0.3) is 0 Å². The Bertz CT molecular complexity index is 536. The van der Waals surface area contributed by atoms with Crippen LogP contribution in [0.3, 0.4) is 0 Å². The summed E-state index contributed by atoms with van der Waals surface area (Å²) in [6.45, 7) is 0.282. The van der Waals surface area contributed by atoms with Gasteiger partial charge in [-0.15, -0.1) is 5.10 Å². The van der Waals surface area contributed by atoms with E-state index < -0.39 is 5.82 Å². The van der Waals surface area contributed by atoms with Crippen LogP contribution in [0.5, 0.6) is 11.6 Å². The Morgan fingerprint density at radius 1 is 1.35 bits per heavy atom. The summed E-state index contributed by atoms with van der Waals surface area (Å²) in [6.07, 6.45) is 1.53. The number of benzene rings is 1. The van der Waals surface area contributed by atoms with Gasteiger partial charge in [0.2, 0.25) is 5.88 Å². The predicted molar refractivity (Wildman–Crippen MR) is 64.1 cm³/mol. The van der Waals surface area contributed by atoms with Crippen molar-refractivity contribution < 1.29 is 9.13 Å². The Labute approximate surface area is 106 Å². The minimum absolute atomic E-state index is 0.282. The van der Waals surface area contributed by atoms with Crippen molar-refractivity contribution in [2.75, 3.05) is 0 Å². The monoisotopic (exact) mass is 297 g/mol. The highest BCUT2D eigenvalue weighted by atomic mass is 79.9. The van der Waals surface area contributed by atoms with Crippen molar-refractivity contribution in [2.45, 2.75) is 6.54 Å². The standard InChI is InChI=1S/C11H9BrFN3O/c12-9-2-1-8(5-10(9)13)17-11-7(6-14)3-4-15-16-11/h1-5H,6,14H2. The van der Waals surface area contributed by atoms with Gasteiger partial charge < -0.3 is 10.5 Å². The second-order valence-electron chi connectivity index (χ2n) is 3.24. The second-order valence-corrected chi connectivity index (χ2v) is 4.10. The number of nitrogens with zero attached hydrogens (tertiary/aromatic N) is 2. The van der Waals surface area contributed by atoms with E-state index in [1.165, 1.54) is 12.3 Å². The zero-order valence-corrected chi connectivity index (χ0v) is 10.3. The first kappa shape index (κ1) is 11.9. The summed E-state index contributed by atoms with van der Waals surface area (Å²) in [7, 11) is 0. The van der Waals surface area contributed by atoms with Gasteiger partial charge in [0.1, 0.15) is 11.6 Å². The number of halogens is 2. The Morgan fingerprint density at radius 3 is 2.88 bits per heavy atom. The maximum atomic E-state index is 13.3. The van der Waals surface area contributed by atoms with Crippen LogP contribution in [-0.2, 0) is 6.54 Å². The Hall–Kier alpha value is -1.53. The molecule has 88 valence electrons. The largest absolute Gasteiger partial charge is 0.437 e. The first-order valence-electron chi connectivity index (χ1n) is 4.84. The van der Waals surface area contributed by atoms with Crippen LogP contribution in [-0.4, -0.2) is 10.2 Å². The molecule has 2 rings (SSSR count). The van der Waals surface area contributed by atoms with Crippen molar-refractivity contribution in [3.63, 3.8) is 0 Å². The van der Waals surface area contributed by atoms with Crippen LogP contribution in [0.2, 0.25) is 0 Å². The van der Waals surface area contributed by atoms with Crippen LogP contribution >= 0.6 is 15.9 Å². The van der Waals surface area contributed by atoms with Crippen molar-refractivity contribution in [1.82, 2.24) is 10.2 Å². The lowest BCUT2D eigenvalue weighted by molar-refractivity contribution is 0.444. The predicted octanol–water partition coefficient (Wildman–Crippen LogP) is 2.63. The van der Waals surface area contributed by atoms with Gasteiger partial charge in [-0.2, -0.15) is 5.10 Å². The molecular weight excluding hydrogens is 289 g/mol. The molecule has 0 aliphatic heterocycles. The van der Waals surface area contributed by atoms with Crippen molar-refractivity contribution in [3.05, 3.63) is 46.3 Å².